The zero-order chi connectivity index (χ0) is 15.0. The number of phenols is 1. The molecule has 2 aromatic carbocycles. The molecule has 0 spiro atoms. The molecular weight excluding hydrogens is 293 g/mol. The lowest BCUT2D eigenvalue weighted by Crippen LogP contribution is -2.06. The first-order valence-corrected chi connectivity index (χ1v) is 6.91. The van der Waals surface area contributed by atoms with E-state index < -0.39 is 21.6 Å². The van der Waals surface area contributed by atoms with Crippen LogP contribution in [0, 0.1) is 0 Å². The summed E-state index contributed by atoms with van der Waals surface area (Å²) in [5, 5.41) is 9.10. The van der Waals surface area contributed by atoms with E-state index in [0.29, 0.717) is 12.1 Å². The van der Waals surface area contributed by atoms with Crippen LogP contribution in [0.15, 0.2) is 58.3 Å². The normalized spacial score (nSPS) is 12.3. The van der Waals surface area contributed by atoms with Crippen molar-refractivity contribution in [3.05, 3.63) is 54.1 Å². The third kappa shape index (κ3) is 2.77. The minimum Gasteiger partial charge on any atom is -0.508 e. The van der Waals surface area contributed by atoms with Gasteiger partial charge in [0.15, 0.2) is 0 Å². The molecule has 0 radical (unpaired) electrons. The first kappa shape index (κ1) is 14.4. The topological polar surface area (TPSA) is 54.4 Å². The monoisotopic (exact) mass is 302 g/mol. The van der Waals surface area contributed by atoms with E-state index in [4.69, 9.17) is 5.11 Å². The lowest BCUT2D eigenvalue weighted by Gasteiger charge is -2.08. The Morgan fingerprint density at radius 2 is 1.20 bits per heavy atom. The first-order chi connectivity index (χ1) is 9.21. The molecule has 0 unspecified atom stereocenters. The van der Waals surface area contributed by atoms with Gasteiger partial charge in [0.2, 0.25) is 9.84 Å². The molecule has 0 heterocycles. The molecule has 2 rings (SSSR count). The Kier molecular flexibility index (Phi) is 3.47. The second-order valence-electron chi connectivity index (χ2n) is 4.02. The summed E-state index contributed by atoms with van der Waals surface area (Å²) in [7, 11) is -3.90. The number of hydrogen-bond acceptors (Lipinski definition) is 3. The smallest absolute Gasteiger partial charge is 0.416 e. The molecule has 7 heteroatoms. The van der Waals surface area contributed by atoms with E-state index in [2.05, 4.69) is 0 Å². The van der Waals surface area contributed by atoms with Crippen LogP contribution in [-0.4, -0.2) is 13.5 Å². The molecule has 0 fully saturated rings. The van der Waals surface area contributed by atoms with Crippen molar-refractivity contribution in [2.75, 3.05) is 0 Å². The van der Waals surface area contributed by atoms with E-state index in [1.165, 1.54) is 24.3 Å². The van der Waals surface area contributed by atoms with Crippen LogP contribution in [0.25, 0.3) is 0 Å². The van der Waals surface area contributed by atoms with Gasteiger partial charge >= 0.3 is 6.18 Å². The van der Waals surface area contributed by atoms with Crippen molar-refractivity contribution < 1.29 is 26.7 Å². The highest BCUT2D eigenvalue weighted by atomic mass is 32.2. The van der Waals surface area contributed by atoms with Gasteiger partial charge in [-0.05, 0) is 48.5 Å². The zero-order valence-electron chi connectivity index (χ0n) is 9.92. The van der Waals surface area contributed by atoms with Crippen LogP contribution in [0.1, 0.15) is 5.56 Å². The number of hydrogen-bond donors (Lipinski definition) is 1. The quantitative estimate of drug-likeness (QED) is 0.926. The van der Waals surface area contributed by atoms with Gasteiger partial charge < -0.3 is 5.11 Å². The summed E-state index contributed by atoms with van der Waals surface area (Å²) in [5.41, 5.74) is -0.915. The minimum atomic E-state index is -4.51. The summed E-state index contributed by atoms with van der Waals surface area (Å²) < 4.78 is 61.5. The Labute approximate surface area is 113 Å². The van der Waals surface area contributed by atoms with Crippen LogP contribution >= 0.6 is 0 Å². The van der Waals surface area contributed by atoms with Gasteiger partial charge in [0.25, 0.3) is 0 Å². The number of phenolic OH excluding ortho intramolecular Hbond substituents is 1. The molecule has 106 valence electrons. The fraction of sp³-hybridized carbons (Fsp3) is 0.0769. The van der Waals surface area contributed by atoms with Crippen molar-refractivity contribution in [2.45, 2.75) is 16.0 Å². The molecule has 1 N–H and O–H groups in total. The van der Waals surface area contributed by atoms with Crippen molar-refractivity contribution in [3.63, 3.8) is 0 Å². The molecule has 0 aliphatic rings. The molecule has 0 amide bonds. The van der Waals surface area contributed by atoms with Gasteiger partial charge in [-0.2, -0.15) is 13.2 Å². The summed E-state index contributed by atoms with van der Waals surface area (Å²) in [4.78, 5) is -0.341. The highest BCUT2D eigenvalue weighted by molar-refractivity contribution is 7.91. The summed E-state index contributed by atoms with van der Waals surface area (Å²) in [5.74, 6) is -0.101. The molecule has 0 aliphatic carbocycles. The van der Waals surface area contributed by atoms with Gasteiger partial charge in [0.1, 0.15) is 5.75 Å². The second kappa shape index (κ2) is 4.82. The lowest BCUT2D eigenvalue weighted by molar-refractivity contribution is -0.137. The van der Waals surface area contributed by atoms with Crippen LogP contribution in [-0.2, 0) is 16.0 Å². The Morgan fingerprint density at radius 1 is 0.800 bits per heavy atom. The van der Waals surface area contributed by atoms with Gasteiger partial charge in [-0.3, -0.25) is 0 Å². The summed E-state index contributed by atoms with van der Waals surface area (Å²) in [6.45, 7) is 0. The maximum atomic E-state index is 12.4. The van der Waals surface area contributed by atoms with Crippen LogP contribution in [0.3, 0.4) is 0 Å². The van der Waals surface area contributed by atoms with Crippen LogP contribution in [0.5, 0.6) is 5.75 Å². The average Bonchev–Trinajstić information content (AvgIpc) is 2.38. The van der Waals surface area contributed by atoms with Crippen LogP contribution in [0.2, 0.25) is 0 Å². The predicted octanol–water partition coefficient (Wildman–Crippen LogP) is 3.24. The standard InChI is InChI=1S/C13H9F3O3S/c14-13(15,16)9-1-5-11(6-2-9)20(18,19)12-7-3-10(17)4-8-12/h1-8,17H. The Hall–Kier alpha value is -2.02. The van der Waals surface area contributed by atoms with Gasteiger partial charge in [-0.25, -0.2) is 8.42 Å². The third-order valence-electron chi connectivity index (χ3n) is 2.64. The SMILES string of the molecule is O=S(=O)(c1ccc(O)cc1)c1ccc(C(F)(F)F)cc1. The highest BCUT2D eigenvalue weighted by Gasteiger charge is 2.30. The summed E-state index contributed by atoms with van der Waals surface area (Å²) >= 11 is 0. The van der Waals surface area contributed by atoms with E-state index >= 15 is 0 Å². The Morgan fingerprint density at radius 3 is 1.60 bits per heavy atom. The van der Waals surface area contributed by atoms with Crippen LogP contribution < -0.4 is 0 Å². The molecule has 0 bridgehead atoms. The van der Waals surface area contributed by atoms with Crippen molar-refractivity contribution in [2.24, 2.45) is 0 Å². The summed E-state index contributed by atoms with van der Waals surface area (Å²) in [6, 6.07) is 8.00. The predicted molar refractivity (Wildman–Crippen MR) is 65.0 cm³/mol. The van der Waals surface area contributed by atoms with Gasteiger partial charge in [0.05, 0.1) is 15.4 Å². The average molecular weight is 302 g/mol. The summed E-state index contributed by atoms with van der Waals surface area (Å²) in [6.07, 6.45) is -4.51. The Bertz CT molecular complexity index is 702. The second-order valence-corrected chi connectivity index (χ2v) is 5.97. The van der Waals surface area contributed by atoms with E-state index in [1.807, 2.05) is 0 Å². The van der Waals surface area contributed by atoms with Crippen molar-refractivity contribution in [3.8, 4) is 5.75 Å². The van der Waals surface area contributed by atoms with Crippen molar-refractivity contribution in [1.82, 2.24) is 0 Å². The lowest BCUT2D eigenvalue weighted by atomic mass is 10.2. The van der Waals surface area contributed by atoms with Crippen LogP contribution in [0.4, 0.5) is 13.2 Å². The van der Waals surface area contributed by atoms with Crippen molar-refractivity contribution >= 4 is 9.84 Å². The van der Waals surface area contributed by atoms with E-state index in [9.17, 15) is 21.6 Å². The number of rotatable bonds is 2. The molecule has 0 saturated heterocycles. The number of alkyl halides is 3. The van der Waals surface area contributed by atoms with E-state index in [-0.39, 0.29) is 15.5 Å². The van der Waals surface area contributed by atoms with Gasteiger partial charge in [-0.1, -0.05) is 0 Å². The van der Waals surface area contributed by atoms with E-state index in [0.717, 1.165) is 12.1 Å². The fourth-order valence-corrected chi connectivity index (χ4v) is 2.85. The number of sulfone groups is 1. The fourth-order valence-electron chi connectivity index (χ4n) is 1.58. The Balaban J connectivity index is 2.42. The largest absolute Gasteiger partial charge is 0.508 e. The van der Waals surface area contributed by atoms with Gasteiger partial charge in [-0.15, -0.1) is 0 Å². The van der Waals surface area contributed by atoms with E-state index in [1.54, 1.807) is 0 Å². The molecule has 0 atom stereocenters. The molecule has 0 saturated carbocycles. The maximum Gasteiger partial charge on any atom is 0.416 e. The number of halogens is 3. The molecule has 0 aliphatic heterocycles. The number of benzene rings is 2. The molecular formula is C13H9F3O3S. The molecule has 20 heavy (non-hydrogen) atoms. The number of aromatic hydroxyl groups is 1. The highest BCUT2D eigenvalue weighted by Crippen LogP contribution is 2.31. The minimum absolute atomic E-state index is 0.101. The molecule has 2 aromatic rings. The molecule has 0 aromatic heterocycles. The van der Waals surface area contributed by atoms with Gasteiger partial charge in [0, 0.05) is 0 Å². The third-order valence-corrected chi connectivity index (χ3v) is 4.42. The van der Waals surface area contributed by atoms with Crippen molar-refractivity contribution in [1.29, 1.82) is 0 Å². The zero-order valence-corrected chi connectivity index (χ0v) is 10.7. The maximum absolute atomic E-state index is 12.4. The first-order valence-electron chi connectivity index (χ1n) is 5.42. The molecule has 3 nitrogen and oxygen atoms in total.